The van der Waals surface area contributed by atoms with Gasteiger partial charge in [0, 0.05) is 22.7 Å². The van der Waals surface area contributed by atoms with Crippen molar-refractivity contribution >= 4 is 45.8 Å². The number of hydrogen-bond donors (Lipinski definition) is 1. The third-order valence-electron chi connectivity index (χ3n) is 4.14. The Bertz CT molecular complexity index is 653. The third-order valence-corrected chi connectivity index (χ3v) is 5.11. The van der Waals surface area contributed by atoms with Gasteiger partial charge in [-0.2, -0.15) is 0 Å². The minimum absolute atomic E-state index is 0.546. The molecule has 0 aliphatic carbocycles. The Hall–Kier alpha value is -0.400. The second-order valence-corrected chi connectivity index (χ2v) is 7.17. The van der Waals surface area contributed by atoms with Gasteiger partial charge in [-0.15, -0.1) is 0 Å². The molecule has 1 aromatic heterocycles. The molecule has 3 rings (SSSR count). The van der Waals surface area contributed by atoms with Crippen LogP contribution in [0.5, 0.6) is 0 Å². The van der Waals surface area contributed by atoms with E-state index in [1.165, 1.54) is 48.0 Å². The molecule has 1 fully saturated rings. The summed E-state index contributed by atoms with van der Waals surface area (Å²) in [4.78, 5) is 5.93. The van der Waals surface area contributed by atoms with E-state index in [1.807, 2.05) is 0 Å². The van der Waals surface area contributed by atoms with E-state index in [2.05, 4.69) is 62.2 Å². The molecule has 2 aromatic rings. The van der Waals surface area contributed by atoms with E-state index in [4.69, 9.17) is 12.2 Å². The summed E-state index contributed by atoms with van der Waals surface area (Å²) in [6.07, 6.45) is 3.65. The largest absolute Gasteiger partial charge is 0.331 e. The van der Waals surface area contributed by atoms with Crippen LogP contribution >= 0.6 is 34.8 Å². The highest BCUT2D eigenvalue weighted by Crippen LogP contribution is 2.28. The van der Waals surface area contributed by atoms with Gasteiger partial charge in [-0.1, -0.05) is 6.92 Å². The number of imidazole rings is 1. The summed E-state index contributed by atoms with van der Waals surface area (Å²) in [6.45, 7) is 5.86. The number of likely N-dealkylation sites (tertiary alicyclic amines) is 1. The molecular formula is C15H20IN3S. The molecule has 1 saturated heterocycles. The van der Waals surface area contributed by atoms with Crippen LogP contribution < -0.4 is 0 Å². The lowest BCUT2D eigenvalue weighted by molar-refractivity contribution is 0.188. The first-order valence-electron chi connectivity index (χ1n) is 7.31. The number of halogens is 1. The van der Waals surface area contributed by atoms with E-state index < -0.39 is 0 Å². The highest BCUT2D eigenvalue weighted by Gasteiger charge is 2.22. The van der Waals surface area contributed by atoms with Gasteiger partial charge in [-0.05, 0) is 78.8 Å². The van der Waals surface area contributed by atoms with Crippen molar-refractivity contribution in [1.82, 2.24) is 14.5 Å². The van der Waals surface area contributed by atoms with Crippen molar-refractivity contribution in [3.05, 3.63) is 26.5 Å². The van der Waals surface area contributed by atoms with Crippen molar-refractivity contribution in [2.75, 3.05) is 19.6 Å². The lowest BCUT2D eigenvalue weighted by Crippen LogP contribution is -2.35. The topological polar surface area (TPSA) is 24.0 Å². The molecule has 108 valence electrons. The van der Waals surface area contributed by atoms with Gasteiger partial charge in [0.1, 0.15) is 0 Å². The number of fused-ring (bicyclic) bond motifs is 1. The molecule has 0 radical (unpaired) electrons. The zero-order valence-corrected chi connectivity index (χ0v) is 14.7. The molecular weight excluding hydrogens is 381 g/mol. The highest BCUT2D eigenvalue weighted by molar-refractivity contribution is 14.1. The fraction of sp³-hybridized carbons (Fsp3) is 0.533. The number of rotatable bonds is 3. The Morgan fingerprint density at radius 2 is 2.10 bits per heavy atom. The van der Waals surface area contributed by atoms with Gasteiger partial charge in [-0.25, -0.2) is 0 Å². The second kappa shape index (κ2) is 6.15. The maximum atomic E-state index is 5.55. The smallest absolute Gasteiger partial charge is 0.178 e. The number of nitrogens with one attached hydrogen (secondary N) is 1. The van der Waals surface area contributed by atoms with Gasteiger partial charge in [0.25, 0.3) is 0 Å². The summed E-state index contributed by atoms with van der Waals surface area (Å²) in [5.41, 5.74) is 2.42. The van der Waals surface area contributed by atoms with Crippen molar-refractivity contribution in [3.8, 4) is 0 Å². The quantitative estimate of drug-likeness (QED) is 0.611. The van der Waals surface area contributed by atoms with Gasteiger partial charge in [0.2, 0.25) is 0 Å². The van der Waals surface area contributed by atoms with Crippen LogP contribution in [0.15, 0.2) is 18.2 Å². The summed E-state index contributed by atoms with van der Waals surface area (Å²) >= 11 is 7.89. The summed E-state index contributed by atoms with van der Waals surface area (Å²) in [5.74, 6) is 0. The standard InChI is InChI=1S/C15H20IN3S/c1-2-7-18-8-5-12(6-9-18)19-14-4-3-11(16)10-13(14)17-15(19)20/h3-4,10,12H,2,5-9H2,1H3,(H,17,20). The maximum Gasteiger partial charge on any atom is 0.178 e. The Balaban J connectivity index is 1.88. The zero-order valence-electron chi connectivity index (χ0n) is 11.7. The molecule has 0 unspecified atom stereocenters. The van der Waals surface area contributed by atoms with Gasteiger partial charge in [0.05, 0.1) is 11.0 Å². The second-order valence-electron chi connectivity index (χ2n) is 5.53. The molecule has 0 spiro atoms. The molecule has 20 heavy (non-hydrogen) atoms. The lowest BCUT2D eigenvalue weighted by Gasteiger charge is -2.32. The van der Waals surface area contributed by atoms with Crippen LogP contribution in [0.4, 0.5) is 0 Å². The molecule has 1 N–H and O–H groups in total. The van der Waals surface area contributed by atoms with Gasteiger partial charge in [0.15, 0.2) is 4.77 Å². The first kappa shape index (κ1) is 14.5. The average molecular weight is 401 g/mol. The monoisotopic (exact) mass is 401 g/mol. The normalized spacial score (nSPS) is 17.9. The van der Waals surface area contributed by atoms with Crippen LogP contribution in [0, 0.1) is 8.34 Å². The minimum Gasteiger partial charge on any atom is -0.331 e. The van der Waals surface area contributed by atoms with Crippen LogP contribution in [0.2, 0.25) is 0 Å². The fourth-order valence-corrected chi connectivity index (χ4v) is 4.03. The van der Waals surface area contributed by atoms with E-state index in [0.717, 1.165) is 10.3 Å². The molecule has 2 heterocycles. The van der Waals surface area contributed by atoms with E-state index in [0.29, 0.717) is 6.04 Å². The first-order chi connectivity index (χ1) is 9.69. The zero-order chi connectivity index (χ0) is 14.1. The molecule has 1 aliphatic heterocycles. The summed E-state index contributed by atoms with van der Waals surface area (Å²) in [7, 11) is 0. The highest BCUT2D eigenvalue weighted by atomic mass is 127. The van der Waals surface area contributed by atoms with Crippen LogP contribution in [0.3, 0.4) is 0 Å². The molecule has 5 heteroatoms. The summed E-state index contributed by atoms with van der Waals surface area (Å²) < 4.78 is 4.46. The van der Waals surface area contributed by atoms with Crippen LogP contribution in [-0.2, 0) is 0 Å². The van der Waals surface area contributed by atoms with Crippen molar-refractivity contribution in [1.29, 1.82) is 0 Å². The van der Waals surface area contributed by atoms with Gasteiger partial charge in [-0.3, -0.25) is 0 Å². The van der Waals surface area contributed by atoms with Gasteiger partial charge >= 0.3 is 0 Å². The number of H-pyrrole nitrogens is 1. The number of aromatic nitrogens is 2. The van der Waals surface area contributed by atoms with Gasteiger partial charge < -0.3 is 14.5 Å². The summed E-state index contributed by atoms with van der Waals surface area (Å²) in [5, 5.41) is 0. The average Bonchev–Trinajstić information content (AvgIpc) is 2.75. The van der Waals surface area contributed by atoms with Crippen molar-refractivity contribution < 1.29 is 0 Å². The third kappa shape index (κ3) is 2.80. The predicted molar refractivity (Wildman–Crippen MR) is 94.8 cm³/mol. The van der Waals surface area contributed by atoms with E-state index in [9.17, 15) is 0 Å². The minimum atomic E-state index is 0.546. The molecule has 0 saturated carbocycles. The Morgan fingerprint density at radius 1 is 1.35 bits per heavy atom. The number of piperidine rings is 1. The SMILES string of the molecule is CCCN1CCC(n2c(=S)[nH]c3cc(I)ccc32)CC1. The number of nitrogens with zero attached hydrogens (tertiary/aromatic N) is 2. The summed E-state index contributed by atoms with van der Waals surface area (Å²) in [6, 6.07) is 7.08. The molecule has 1 aliphatic rings. The molecule has 0 atom stereocenters. The van der Waals surface area contributed by atoms with Crippen molar-refractivity contribution in [2.45, 2.75) is 32.2 Å². The van der Waals surface area contributed by atoms with Crippen molar-refractivity contribution in [2.24, 2.45) is 0 Å². The van der Waals surface area contributed by atoms with E-state index in [1.54, 1.807) is 0 Å². The maximum absolute atomic E-state index is 5.55. The number of benzene rings is 1. The van der Waals surface area contributed by atoms with Crippen LogP contribution in [0.1, 0.15) is 32.2 Å². The van der Waals surface area contributed by atoms with E-state index >= 15 is 0 Å². The van der Waals surface area contributed by atoms with Crippen molar-refractivity contribution in [3.63, 3.8) is 0 Å². The Labute approximate surface area is 138 Å². The van der Waals surface area contributed by atoms with Crippen LogP contribution in [-0.4, -0.2) is 34.1 Å². The predicted octanol–water partition coefficient (Wildman–Crippen LogP) is 4.35. The molecule has 1 aromatic carbocycles. The lowest BCUT2D eigenvalue weighted by atomic mass is 10.0. The Morgan fingerprint density at radius 3 is 2.80 bits per heavy atom. The van der Waals surface area contributed by atoms with E-state index in [-0.39, 0.29) is 0 Å². The fourth-order valence-electron chi connectivity index (χ4n) is 3.18. The molecule has 0 bridgehead atoms. The first-order valence-corrected chi connectivity index (χ1v) is 8.80. The molecule has 3 nitrogen and oxygen atoms in total. The van der Waals surface area contributed by atoms with Crippen LogP contribution in [0.25, 0.3) is 11.0 Å². The Kier molecular flexibility index (Phi) is 4.47. The number of hydrogen-bond acceptors (Lipinski definition) is 2. The number of aromatic amines is 1. The molecule has 0 amide bonds.